The van der Waals surface area contributed by atoms with Crippen LogP contribution < -0.4 is 5.32 Å². The number of rotatable bonds is 12. The summed E-state index contributed by atoms with van der Waals surface area (Å²) in [4.78, 5) is 0. The van der Waals surface area contributed by atoms with Crippen molar-refractivity contribution in [3.05, 3.63) is 119 Å². The lowest BCUT2D eigenvalue weighted by Crippen LogP contribution is -2.14. The van der Waals surface area contributed by atoms with Gasteiger partial charge in [-0.1, -0.05) is 63.9 Å². The van der Waals surface area contributed by atoms with Crippen LogP contribution in [-0.2, 0) is 12.3 Å². The van der Waals surface area contributed by atoms with E-state index in [1.165, 1.54) is 43.3 Å². The van der Waals surface area contributed by atoms with E-state index in [0.717, 1.165) is 19.9 Å². The second-order valence-corrected chi connectivity index (χ2v) is 10.7. The largest absolute Gasteiger partial charge is 0.355 e. The molecule has 0 saturated carbocycles. The summed E-state index contributed by atoms with van der Waals surface area (Å²) < 4.78 is 84.2. The minimum Gasteiger partial charge on any atom is -0.355 e. The summed E-state index contributed by atoms with van der Waals surface area (Å²) in [5, 5.41) is 3.11. The molecule has 0 bridgehead atoms. The van der Waals surface area contributed by atoms with Crippen molar-refractivity contribution in [2.24, 2.45) is 11.8 Å². The van der Waals surface area contributed by atoms with Crippen LogP contribution in [0.5, 0.6) is 0 Å². The molecule has 0 spiro atoms. The third-order valence-electron chi connectivity index (χ3n) is 6.75. The lowest BCUT2D eigenvalue weighted by atomic mass is 9.86. The predicted octanol–water partition coefficient (Wildman–Crippen LogP) is 10.6. The summed E-state index contributed by atoms with van der Waals surface area (Å²) in [5.74, 6) is -8.29. The number of hydrogen-bond donors (Lipinski definition) is 1. The minimum atomic E-state index is -3.17. The van der Waals surface area contributed by atoms with Gasteiger partial charge < -0.3 is 5.32 Å². The molecule has 0 saturated heterocycles. The zero-order chi connectivity index (χ0) is 30.6. The maximum atomic E-state index is 14.4. The molecule has 1 nitrogen and oxygen atoms in total. The standard InChI is InChI=1S/C33H37F6N/c1-19(2)25(16-24-11-10-12-29(34)31(24)35)17-27(20(3)4)23(7)40-30-14-13-26(33(9,38)39)18-28(30)21(5)15-22(6)32(8,36)37/h10-15,17-19,25,40H,3,5,7,16H2,1-2,4,6,8-9H3/b22-15+,27-17+. The molecule has 0 aromatic heterocycles. The molecule has 0 radical (unpaired) electrons. The topological polar surface area (TPSA) is 12.0 Å². The van der Waals surface area contributed by atoms with Crippen molar-refractivity contribution >= 4 is 11.3 Å². The lowest BCUT2D eigenvalue weighted by molar-refractivity contribution is 0.0174. The van der Waals surface area contributed by atoms with Crippen molar-refractivity contribution in [1.29, 1.82) is 0 Å². The molecule has 2 rings (SSSR count). The van der Waals surface area contributed by atoms with Crippen molar-refractivity contribution in [1.82, 2.24) is 0 Å². The van der Waals surface area contributed by atoms with E-state index in [1.807, 2.05) is 19.9 Å². The second-order valence-electron chi connectivity index (χ2n) is 10.7. The molecule has 216 valence electrons. The van der Waals surface area contributed by atoms with Gasteiger partial charge in [-0.15, -0.1) is 0 Å². The van der Waals surface area contributed by atoms with Gasteiger partial charge in [0.25, 0.3) is 11.8 Å². The number of nitrogens with one attached hydrogen (secondary N) is 1. The van der Waals surface area contributed by atoms with E-state index in [2.05, 4.69) is 25.1 Å². The molecule has 1 atom stereocenters. The van der Waals surface area contributed by atoms with Crippen molar-refractivity contribution in [2.75, 3.05) is 5.32 Å². The van der Waals surface area contributed by atoms with Crippen LogP contribution in [-0.4, -0.2) is 5.92 Å². The Hall–Kier alpha value is -3.48. The van der Waals surface area contributed by atoms with Crippen molar-refractivity contribution in [3.63, 3.8) is 0 Å². The van der Waals surface area contributed by atoms with Gasteiger partial charge in [-0.25, -0.2) is 26.3 Å². The van der Waals surface area contributed by atoms with Crippen LogP contribution >= 0.6 is 0 Å². The van der Waals surface area contributed by atoms with Crippen LogP contribution in [0, 0.1) is 23.5 Å². The van der Waals surface area contributed by atoms with Crippen LogP contribution in [0.2, 0.25) is 0 Å². The zero-order valence-electron chi connectivity index (χ0n) is 23.9. The summed E-state index contributed by atoms with van der Waals surface area (Å²) >= 11 is 0. The number of halogens is 6. The maximum absolute atomic E-state index is 14.4. The molecule has 7 heteroatoms. The third kappa shape index (κ3) is 8.51. The highest BCUT2D eigenvalue weighted by Crippen LogP contribution is 2.36. The average Bonchev–Trinajstić information content (AvgIpc) is 2.82. The fraction of sp³-hybridized carbons (Fsp3) is 0.333. The van der Waals surface area contributed by atoms with Gasteiger partial charge >= 0.3 is 0 Å². The molecule has 1 unspecified atom stereocenters. The Kier molecular flexibility index (Phi) is 10.5. The van der Waals surface area contributed by atoms with Gasteiger partial charge in [0, 0.05) is 36.4 Å². The van der Waals surface area contributed by atoms with Gasteiger partial charge in [0.2, 0.25) is 0 Å². The molecular formula is C33H37F6N. The minimum absolute atomic E-state index is 0.0371. The fourth-order valence-corrected chi connectivity index (χ4v) is 4.05. The number of alkyl halides is 4. The Morgan fingerprint density at radius 1 is 0.975 bits per heavy atom. The first kappa shape index (κ1) is 32.7. The molecule has 0 heterocycles. The first-order valence-corrected chi connectivity index (χ1v) is 12.9. The normalized spacial score (nSPS) is 13.8. The Balaban J connectivity index is 2.53. The smallest absolute Gasteiger partial charge is 0.270 e. The Bertz CT molecular complexity index is 1340. The molecule has 0 amide bonds. The van der Waals surface area contributed by atoms with Crippen molar-refractivity contribution in [2.45, 2.75) is 59.8 Å². The fourth-order valence-electron chi connectivity index (χ4n) is 4.05. The summed E-state index contributed by atoms with van der Waals surface area (Å²) in [5.41, 5.74) is 1.89. The predicted molar refractivity (Wildman–Crippen MR) is 153 cm³/mol. The van der Waals surface area contributed by atoms with Gasteiger partial charge in [0.1, 0.15) is 0 Å². The highest BCUT2D eigenvalue weighted by atomic mass is 19.3. The molecular weight excluding hydrogens is 524 g/mol. The van der Waals surface area contributed by atoms with Crippen LogP contribution in [0.15, 0.2) is 90.7 Å². The lowest BCUT2D eigenvalue weighted by Gasteiger charge is -2.23. The molecule has 2 aromatic carbocycles. The van der Waals surface area contributed by atoms with Gasteiger partial charge in [-0.3, -0.25) is 0 Å². The summed E-state index contributed by atoms with van der Waals surface area (Å²) in [6.45, 7) is 20.4. The van der Waals surface area contributed by atoms with E-state index < -0.39 is 23.5 Å². The molecule has 0 aliphatic rings. The molecule has 1 N–H and O–H groups in total. The summed E-state index contributed by atoms with van der Waals surface area (Å²) in [6.07, 6.45) is 3.26. The molecule has 40 heavy (non-hydrogen) atoms. The Morgan fingerprint density at radius 2 is 1.60 bits per heavy atom. The van der Waals surface area contributed by atoms with Crippen LogP contribution in [0.3, 0.4) is 0 Å². The third-order valence-corrected chi connectivity index (χ3v) is 6.75. The van der Waals surface area contributed by atoms with E-state index in [9.17, 15) is 26.3 Å². The number of anilines is 1. The first-order chi connectivity index (χ1) is 18.3. The van der Waals surface area contributed by atoms with Crippen molar-refractivity contribution in [3.8, 4) is 0 Å². The highest BCUT2D eigenvalue weighted by Gasteiger charge is 2.27. The van der Waals surface area contributed by atoms with Gasteiger partial charge in [-0.05, 0) is 78.2 Å². The Morgan fingerprint density at radius 3 is 2.12 bits per heavy atom. The van der Waals surface area contributed by atoms with Gasteiger partial charge in [0.15, 0.2) is 11.6 Å². The second kappa shape index (κ2) is 12.8. The summed E-state index contributed by atoms with van der Waals surface area (Å²) in [6, 6.07) is 7.93. The molecule has 0 aliphatic carbocycles. The molecule has 0 aliphatic heterocycles. The average molecular weight is 562 g/mol. The Labute approximate surface area is 233 Å². The van der Waals surface area contributed by atoms with E-state index in [0.29, 0.717) is 22.5 Å². The van der Waals surface area contributed by atoms with Crippen LogP contribution in [0.4, 0.5) is 32.0 Å². The first-order valence-electron chi connectivity index (χ1n) is 12.9. The SMILES string of the molecule is C=C(C)/C(=C\C(Cc1cccc(F)c1F)C(C)C)C(=C)Nc1ccc(C(C)(F)F)cc1C(=C)/C=C(\C)C(C)(F)F. The highest BCUT2D eigenvalue weighted by molar-refractivity contribution is 5.83. The maximum Gasteiger partial charge on any atom is 0.270 e. The summed E-state index contributed by atoms with van der Waals surface area (Å²) in [7, 11) is 0. The number of benzene rings is 2. The van der Waals surface area contributed by atoms with Crippen LogP contribution in [0.1, 0.15) is 58.2 Å². The number of hydrogen-bond acceptors (Lipinski definition) is 1. The van der Waals surface area contributed by atoms with Crippen LogP contribution in [0.25, 0.3) is 5.57 Å². The number of allylic oxidation sites excluding steroid dienone is 5. The van der Waals surface area contributed by atoms with E-state index in [1.54, 1.807) is 6.92 Å². The quantitative estimate of drug-likeness (QED) is 0.201. The van der Waals surface area contributed by atoms with Gasteiger partial charge in [0.05, 0.1) is 0 Å². The monoisotopic (exact) mass is 561 g/mol. The van der Waals surface area contributed by atoms with E-state index >= 15 is 0 Å². The molecule has 2 aromatic rings. The zero-order valence-corrected chi connectivity index (χ0v) is 23.9. The molecule has 0 fully saturated rings. The van der Waals surface area contributed by atoms with Crippen molar-refractivity contribution < 1.29 is 26.3 Å². The van der Waals surface area contributed by atoms with E-state index in [-0.39, 0.29) is 46.1 Å². The van der Waals surface area contributed by atoms with Gasteiger partial charge in [-0.2, -0.15) is 0 Å². The van der Waals surface area contributed by atoms with E-state index in [4.69, 9.17) is 0 Å².